The molecule has 470 valence electrons. The highest BCUT2D eigenvalue weighted by molar-refractivity contribution is 5.76. The zero-order valence-corrected chi connectivity index (χ0v) is 48.9. The maximum atomic E-state index is 13.3. The molecule has 82 heavy (non-hydrogen) atoms. The summed E-state index contributed by atoms with van der Waals surface area (Å²) in [5.74, 6) is -0.307. The lowest BCUT2D eigenvalue weighted by molar-refractivity contribution is -0.379. The Morgan fingerprint density at radius 3 is 1.37 bits per heavy atom. The van der Waals surface area contributed by atoms with Gasteiger partial charge in [0.1, 0.15) is 73.2 Å². The second-order valence-electron chi connectivity index (χ2n) is 21.4. The highest BCUT2D eigenvalue weighted by Crippen LogP contribution is 2.33. The Morgan fingerprint density at radius 1 is 0.451 bits per heavy atom. The third-order valence-electron chi connectivity index (χ3n) is 14.6. The molecule has 3 heterocycles. The number of aliphatic hydroxyl groups is 11. The Bertz CT molecular complexity index is 1870. The SMILES string of the molecule is CC/C=C\C/C=C\C/C=C\C/C=C\C/C=C\C/C=C\CCCCCCCCC(=O)NC(COC1OC(CO)C(OC2OC(CO)C(OC3OC(CO)C(O)C(O)C3O)C(O)C2O)C(O)C1O)C(O)/C=C/CC/C=C/CCCCCCCC. The third kappa shape index (κ3) is 28.3. The van der Waals surface area contributed by atoms with Gasteiger partial charge in [-0.1, -0.05) is 169 Å². The minimum absolute atomic E-state index is 0.212. The minimum atomic E-state index is -1.99. The highest BCUT2D eigenvalue weighted by atomic mass is 16.8. The molecule has 0 aromatic carbocycles. The molecular weight excluding hydrogens is 1060 g/mol. The molecular formula is C63H105NO18. The number of unbranched alkanes of at least 4 members (excludes halogenated alkanes) is 13. The number of hydrogen-bond acceptors (Lipinski definition) is 18. The fourth-order valence-electron chi connectivity index (χ4n) is 9.62. The monoisotopic (exact) mass is 1160 g/mol. The van der Waals surface area contributed by atoms with Crippen LogP contribution in [0.4, 0.5) is 0 Å². The fraction of sp³-hybridized carbons (Fsp3) is 0.730. The molecule has 19 heteroatoms. The Hall–Kier alpha value is -3.29. The molecule has 1 amide bonds. The van der Waals surface area contributed by atoms with Crippen molar-refractivity contribution in [2.24, 2.45) is 0 Å². The van der Waals surface area contributed by atoms with E-state index in [9.17, 15) is 61.0 Å². The molecule has 3 aliphatic heterocycles. The summed E-state index contributed by atoms with van der Waals surface area (Å²) < 4.78 is 34.2. The Labute approximate surface area is 488 Å². The van der Waals surface area contributed by atoms with Crippen molar-refractivity contribution in [2.75, 3.05) is 26.4 Å². The van der Waals surface area contributed by atoms with Crippen LogP contribution in [0.15, 0.2) is 97.2 Å². The minimum Gasteiger partial charge on any atom is -0.394 e. The van der Waals surface area contributed by atoms with Gasteiger partial charge < -0.3 is 89.9 Å². The maximum Gasteiger partial charge on any atom is 0.220 e. The first-order valence-corrected chi connectivity index (χ1v) is 30.5. The van der Waals surface area contributed by atoms with Gasteiger partial charge in [-0.25, -0.2) is 0 Å². The molecule has 0 spiro atoms. The van der Waals surface area contributed by atoms with E-state index in [-0.39, 0.29) is 18.9 Å². The molecule has 19 nitrogen and oxygen atoms in total. The normalized spacial score (nSPS) is 30.3. The average Bonchev–Trinajstić information content (AvgIpc) is 3.59. The van der Waals surface area contributed by atoms with Crippen LogP contribution in [0, 0.1) is 0 Å². The standard InChI is InChI=1S/C63H105NO18/c1-3-5-7-9-11-13-15-17-18-19-20-21-22-23-24-25-26-27-28-29-31-33-35-37-39-41-51(69)64-46(47(68)40-38-36-34-32-30-16-14-12-10-8-6-4-2)45-77-61-57(75)54(72)59(49(43-66)79-61)82-63-58(76)55(73)60(50(44-67)80-63)81-62-56(74)53(71)52(70)48(42-65)78-62/h5,7,11,13,17-18,20-21,23-24,26-27,30,32,38,40,46-50,52-63,65-68,70-76H,3-4,6,8-10,12,14-16,19,22,25,28-29,31,33-37,39,41-45H2,1-2H3,(H,64,69)/b7-5-,13-11-,18-17-,21-20-,24-23-,27-26-,32-30+,40-38+. The summed E-state index contributed by atoms with van der Waals surface area (Å²) >= 11 is 0. The lowest BCUT2D eigenvalue weighted by Crippen LogP contribution is -2.66. The lowest BCUT2D eigenvalue weighted by atomic mass is 9.96. The number of rotatable bonds is 43. The fourth-order valence-corrected chi connectivity index (χ4v) is 9.62. The predicted molar refractivity (Wildman–Crippen MR) is 314 cm³/mol. The summed E-state index contributed by atoms with van der Waals surface area (Å²) in [6.07, 6.45) is 29.6. The van der Waals surface area contributed by atoms with Crippen molar-refractivity contribution in [3.8, 4) is 0 Å². The number of aliphatic hydroxyl groups excluding tert-OH is 11. The van der Waals surface area contributed by atoms with Crippen LogP contribution in [0.5, 0.6) is 0 Å². The molecule has 0 aromatic heterocycles. The predicted octanol–water partition coefficient (Wildman–Crippen LogP) is 5.76. The van der Waals surface area contributed by atoms with Crippen LogP contribution in [0.3, 0.4) is 0 Å². The summed E-state index contributed by atoms with van der Waals surface area (Å²) in [5, 5.41) is 120. The van der Waals surface area contributed by atoms with Gasteiger partial charge in [0.2, 0.25) is 5.91 Å². The van der Waals surface area contributed by atoms with Gasteiger partial charge in [-0.15, -0.1) is 0 Å². The number of amides is 1. The molecule has 12 N–H and O–H groups in total. The number of carbonyl (C=O) groups excluding carboxylic acids is 1. The van der Waals surface area contributed by atoms with Crippen LogP contribution in [-0.2, 0) is 33.2 Å². The van der Waals surface area contributed by atoms with E-state index in [4.69, 9.17) is 28.4 Å². The first-order chi connectivity index (χ1) is 39.8. The van der Waals surface area contributed by atoms with Gasteiger partial charge in [0.05, 0.1) is 38.6 Å². The van der Waals surface area contributed by atoms with Crippen molar-refractivity contribution >= 4 is 5.91 Å². The number of carbonyl (C=O) groups is 1. The van der Waals surface area contributed by atoms with E-state index < -0.39 is 124 Å². The van der Waals surface area contributed by atoms with Gasteiger partial charge in [-0.05, 0) is 83.5 Å². The van der Waals surface area contributed by atoms with Gasteiger partial charge in [-0.2, -0.15) is 0 Å². The van der Waals surface area contributed by atoms with Crippen LogP contribution >= 0.6 is 0 Å². The molecule has 17 unspecified atom stereocenters. The number of allylic oxidation sites excluding steroid dienone is 15. The van der Waals surface area contributed by atoms with E-state index in [1.165, 1.54) is 32.1 Å². The molecule has 3 fully saturated rings. The Kier molecular flexibility index (Phi) is 40.1. The topological polar surface area (TPSA) is 307 Å². The van der Waals surface area contributed by atoms with Crippen molar-refractivity contribution in [1.29, 1.82) is 0 Å². The molecule has 3 aliphatic rings. The van der Waals surface area contributed by atoms with Crippen molar-refractivity contribution in [3.05, 3.63) is 97.2 Å². The number of ether oxygens (including phenoxy) is 6. The van der Waals surface area contributed by atoms with Crippen LogP contribution in [0.25, 0.3) is 0 Å². The van der Waals surface area contributed by atoms with Gasteiger partial charge in [0.15, 0.2) is 18.9 Å². The molecule has 0 radical (unpaired) electrons. The molecule has 17 atom stereocenters. The van der Waals surface area contributed by atoms with Crippen LogP contribution in [0.1, 0.15) is 162 Å². The third-order valence-corrected chi connectivity index (χ3v) is 14.6. The lowest BCUT2D eigenvalue weighted by Gasteiger charge is -2.48. The summed E-state index contributed by atoms with van der Waals surface area (Å²) in [6, 6.07) is -1.00. The van der Waals surface area contributed by atoms with E-state index in [0.717, 1.165) is 96.3 Å². The molecule has 0 aliphatic carbocycles. The van der Waals surface area contributed by atoms with Crippen molar-refractivity contribution in [1.82, 2.24) is 5.32 Å². The summed E-state index contributed by atoms with van der Waals surface area (Å²) in [7, 11) is 0. The molecule has 3 rings (SSSR count). The van der Waals surface area contributed by atoms with E-state index in [0.29, 0.717) is 12.8 Å². The van der Waals surface area contributed by atoms with Gasteiger partial charge >= 0.3 is 0 Å². The second-order valence-corrected chi connectivity index (χ2v) is 21.4. The Morgan fingerprint density at radius 2 is 0.854 bits per heavy atom. The van der Waals surface area contributed by atoms with Crippen LogP contribution in [0.2, 0.25) is 0 Å². The van der Waals surface area contributed by atoms with Gasteiger partial charge in [-0.3, -0.25) is 4.79 Å². The molecule has 0 aromatic rings. The average molecular weight is 1160 g/mol. The van der Waals surface area contributed by atoms with E-state index in [1.54, 1.807) is 6.08 Å². The zero-order valence-electron chi connectivity index (χ0n) is 48.9. The smallest absolute Gasteiger partial charge is 0.220 e. The summed E-state index contributed by atoms with van der Waals surface area (Å²) in [5.41, 5.74) is 0. The first-order valence-electron chi connectivity index (χ1n) is 30.5. The quantitative estimate of drug-likeness (QED) is 0.0255. The van der Waals surface area contributed by atoms with E-state index in [2.05, 4.69) is 104 Å². The van der Waals surface area contributed by atoms with Crippen LogP contribution in [-0.4, -0.2) is 193 Å². The zero-order chi connectivity index (χ0) is 59.7. The van der Waals surface area contributed by atoms with Gasteiger partial charge in [0.25, 0.3) is 0 Å². The largest absolute Gasteiger partial charge is 0.394 e. The van der Waals surface area contributed by atoms with Crippen molar-refractivity contribution < 1.29 is 89.4 Å². The summed E-state index contributed by atoms with van der Waals surface area (Å²) in [6.45, 7) is 1.52. The Balaban J connectivity index is 1.47. The van der Waals surface area contributed by atoms with Crippen molar-refractivity contribution in [2.45, 2.75) is 266 Å². The van der Waals surface area contributed by atoms with Crippen molar-refractivity contribution in [3.63, 3.8) is 0 Å². The maximum absolute atomic E-state index is 13.3. The highest BCUT2D eigenvalue weighted by Gasteiger charge is 2.53. The molecule has 0 bridgehead atoms. The summed E-state index contributed by atoms with van der Waals surface area (Å²) in [4.78, 5) is 13.3. The molecule has 0 saturated carbocycles. The molecule has 3 saturated heterocycles. The number of hydrogen-bond donors (Lipinski definition) is 12. The second kappa shape index (κ2) is 45.1. The van der Waals surface area contributed by atoms with Gasteiger partial charge in [0, 0.05) is 6.42 Å². The van der Waals surface area contributed by atoms with E-state index in [1.807, 2.05) is 6.08 Å². The van der Waals surface area contributed by atoms with E-state index >= 15 is 0 Å². The first kappa shape index (κ1) is 73.0. The number of nitrogens with one attached hydrogen (secondary N) is 1. The van der Waals surface area contributed by atoms with Crippen LogP contribution < -0.4 is 5.32 Å².